The van der Waals surface area contributed by atoms with E-state index in [4.69, 9.17) is 11.6 Å². The minimum Gasteiger partial charge on any atom is -0.397 e. The predicted molar refractivity (Wildman–Crippen MR) is 114 cm³/mol. The van der Waals surface area contributed by atoms with Crippen LogP contribution in [0.5, 0.6) is 0 Å². The van der Waals surface area contributed by atoms with Gasteiger partial charge in [-0.2, -0.15) is 13.2 Å². The van der Waals surface area contributed by atoms with Gasteiger partial charge in [0.15, 0.2) is 0 Å². The number of hydrogen-bond donors (Lipinski definition) is 3. The fraction of sp³-hybridized carbons (Fsp3) is 0.429. The first-order valence-corrected chi connectivity index (χ1v) is 10.1. The summed E-state index contributed by atoms with van der Waals surface area (Å²) < 4.78 is 37.1. The Morgan fingerprint density at radius 1 is 1.29 bits per heavy atom. The van der Waals surface area contributed by atoms with Crippen LogP contribution in [0.2, 0.25) is 0 Å². The van der Waals surface area contributed by atoms with Crippen LogP contribution in [0.15, 0.2) is 36.7 Å². The second-order valence-corrected chi connectivity index (χ2v) is 7.85. The number of aromatic nitrogens is 1. The normalized spacial score (nSPS) is 16.5. The van der Waals surface area contributed by atoms with Gasteiger partial charge in [-0.25, -0.2) is 10.8 Å². The largest absolute Gasteiger partial charge is 0.397 e. The fourth-order valence-electron chi connectivity index (χ4n) is 3.61. The second kappa shape index (κ2) is 9.52. The van der Waals surface area contributed by atoms with Crippen LogP contribution in [-0.2, 0) is 4.79 Å². The topological polar surface area (TPSA) is 101 Å². The van der Waals surface area contributed by atoms with Gasteiger partial charge in [0.25, 0.3) is 0 Å². The minimum atomic E-state index is -4.16. The molecule has 5 N–H and O–H groups in total. The van der Waals surface area contributed by atoms with Crippen LogP contribution in [-0.4, -0.2) is 53.7 Å². The fourth-order valence-corrected chi connectivity index (χ4v) is 3.61. The Morgan fingerprint density at radius 2 is 2.00 bits per heavy atom. The zero-order valence-electron chi connectivity index (χ0n) is 17.3. The third-order valence-corrected chi connectivity index (χ3v) is 5.32. The number of rotatable bonds is 6. The zero-order chi connectivity index (χ0) is 22.6. The number of nitrogens with one attached hydrogen (secondary N) is 1. The summed E-state index contributed by atoms with van der Waals surface area (Å²) >= 11 is 0. The van der Waals surface area contributed by atoms with Crippen molar-refractivity contribution in [1.82, 2.24) is 14.9 Å². The summed E-state index contributed by atoms with van der Waals surface area (Å²) in [4.78, 5) is 18.7. The Bertz CT molecular complexity index is 952. The molecule has 1 amide bonds. The number of halogens is 3. The maximum Gasteiger partial charge on any atom is 0.390 e. The van der Waals surface area contributed by atoms with Gasteiger partial charge in [-0.1, -0.05) is 12.1 Å². The van der Waals surface area contributed by atoms with Gasteiger partial charge in [-0.05, 0) is 49.0 Å². The van der Waals surface area contributed by atoms with Gasteiger partial charge in [0.1, 0.15) is 5.82 Å². The van der Waals surface area contributed by atoms with Crippen molar-refractivity contribution < 1.29 is 18.0 Å². The van der Waals surface area contributed by atoms with Crippen molar-refractivity contribution >= 4 is 28.2 Å². The first-order valence-electron chi connectivity index (χ1n) is 10.1. The van der Waals surface area contributed by atoms with E-state index in [1.807, 2.05) is 18.2 Å². The lowest BCUT2D eigenvalue weighted by Crippen LogP contribution is -2.39. The van der Waals surface area contributed by atoms with E-state index in [2.05, 4.69) is 10.3 Å². The smallest absolute Gasteiger partial charge is 0.390 e. The van der Waals surface area contributed by atoms with Gasteiger partial charge < -0.3 is 21.0 Å². The minimum absolute atomic E-state index is 0.0239. The molecule has 0 atom stereocenters. The van der Waals surface area contributed by atoms with Crippen molar-refractivity contribution in [3.63, 3.8) is 0 Å². The maximum absolute atomic E-state index is 12.6. The van der Waals surface area contributed by atoms with E-state index in [9.17, 15) is 18.0 Å². The van der Waals surface area contributed by atoms with Crippen molar-refractivity contribution in [3.8, 4) is 0 Å². The summed E-state index contributed by atoms with van der Waals surface area (Å²) in [7, 11) is 1.67. The molecule has 3 rings (SSSR count). The van der Waals surface area contributed by atoms with E-state index >= 15 is 0 Å². The molecule has 1 saturated heterocycles. The molecule has 0 bridgehead atoms. The van der Waals surface area contributed by atoms with E-state index in [0.29, 0.717) is 37.4 Å². The number of hydrazine groups is 1. The molecule has 2 aromatic rings. The van der Waals surface area contributed by atoms with Crippen LogP contribution >= 0.6 is 0 Å². The third-order valence-electron chi connectivity index (χ3n) is 5.32. The number of nitrogens with two attached hydrogens (primary N) is 2. The van der Waals surface area contributed by atoms with Crippen LogP contribution in [0.3, 0.4) is 0 Å². The monoisotopic (exact) mass is 436 g/mol. The lowest BCUT2D eigenvalue weighted by molar-refractivity contribution is -0.139. The number of alkyl halides is 3. The molecule has 1 aromatic carbocycles. The number of hydrogen-bond acceptors (Lipinski definition) is 6. The first-order chi connectivity index (χ1) is 14.6. The Balaban J connectivity index is 1.62. The average molecular weight is 436 g/mol. The van der Waals surface area contributed by atoms with Gasteiger partial charge in [0.05, 0.1) is 12.1 Å². The summed E-state index contributed by atoms with van der Waals surface area (Å²) in [5.41, 5.74) is 7.34. The lowest BCUT2D eigenvalue weighted by Gasteiger charge is -2.31. The number of anilines is 1. The molecule has 0 aliphatic carbocycles. The number of benzene rings is 1. The van der Waals surface area contributed by atoms with Crippen molar-refractivity contribution in [3.05, 3.63) is 42.2 Å². The molecule has 10 heteroatoms. The highest BCUT2D eigenvalue weighted by Crippen LogP contribution is 2.25. The number of nitrogens with zero attached hydrogens (tertiary/aromatic N) is 3. The molecule has 1 fully saturated rings. The average Bonchev–Trinajstić information content (AvgIpc) is 2.71. The number of carbonyl (C=O) groups excluding carboxylic acids is 1. The summed E-state index contributed by atoms with van der Waals surface area (Å²) in [6.07, 6.45) is -0.662. The number of pyridine rings is 1. The molecular formula is C21H27F3N6O. The number of carbonyl (C=O) groups is 1. The van der Waals surface area contributed by atoms with Crippen LogP contribution in [0.4, 0.5) is 19.0 Å². The lowest BCUT2D eigenvalue weighted by atomic mass is 9.95. The number of likely N-dealkylation sites (tertiary alicyclic amines) is 1. The van der Waals surface area contributed by atoms with E-state index in [1.54, 1.807) is 30.4 Å². The van der Waals surface area contributed by atoms with Crippen LogP contribution in [0, 0.1) is 5.92 Å². The van der Waals surface area contributed by atoms with E-state index < -0.39 is 12.6 Å². The zero-order valence-corrected chi connectivity index (χ0v) is 17.3. The number of piperidine rings is 1. The highest BCUT2D eigenvalue weighted by Gasteiger charge is 2.30. The van der Waals surface area contributed by atoms with Crippen LogP contribution in [0.25, 0.3) is 16.5 Å². The van der Waals surface area contributed by atoms with Gasteiger partial charge >= 0.3 is 6.18 Å². The highest BCUT2D eigenvalue weighted by atomic mass is 19.4. The Labute approximate surface area is 178 Å². The molecule has 0 radical (unpaired) electrons. The summed E-state index contributed by atoms with van der Waals surface area (Å²) in [5.74, 6) is 5.62. The van der Waals surface area contributed by atoms with Crippen molar-refractivity contribution in [2.75, 3.05) is 32.0 Å². The maximum atomic E-state index is 12.6. The van der Waals surface area contributed by atoms with E-state index in [-0.39, 0.29) is 18.4 Å². The molecule has 31 heavy (non-hydrogen) atoms. The second-order valence-electron chi connectivity index (χ2n) is 7.85. The van der Waals surface area contributed by atoms with Gasteiger partial charge in [-0.3, -0.25) is 4.79 Å². The molecule has 168 valence electrons. The highest BCUT2D eigenvalue weighted by molar-refractivity contribution is 5.94. The van der Waals surface area contributed by atoms with E-state index in [1.165, 1.54) is 5.01 Å². The molecule has 0 saturated carbocycles. The molecule has 2 heterocycles. The number of amides is 1. The summed E-state index contributed by atoms with van der Waals surface area (Å²) in [6.45, 7) is 0.928. The van der Waals surface area contributed by atoms with Crippen LogP contribution < -0.4 is 16.9 Å². The molecule has 7 nitrogen and oxygen atoms in total. The standard InChI is InChI=1S/C21H27F3N6O/c1-29(26)13-18(25)15-2-3-16-12-27-19(11-17(16)10-15)28-20(31)14-4-7-30(8-5-14)9-6-21(22,23)24/h2-3,10-14H,4-9,25-26H2,1H3,(H,27,28,31)/b18-13-. The summed E-state index contributed by atoms with van der Waals surface area (Å²) in [5, 5.41) is 5.96. The molecule has 1 aliphatic rings. The molecule has 1 aliphatic heterocycles. The third kappa shape index (κ3) is 6.56. The van der Waals surface area contributed by atoms with Crippen molar-refractivity contribution in [1.29, 1.82) is 0 Å². The summed E-state index contributed by atoms with van der Waals surface area (Å²) in [6, 6.07) is 7.41. The van der Waals surface area contributed by atoms with Crippen LogP contribution in [0.1, 0.15) is 24.8 Å². The first kappa shape index (κ1) is 22.8. The van der Waals surface area contributed by atoms with E-state index in [0.717, 1.165) is 16.3 Å². The van der Waals surface area contributed by atoms with Crippen molar-refractivity contribution in [2.24, 2.45) is 17.5 Å². The van der Waals surface area contributed by atoms with Crippen molar-refractivity contribution in [2.45, 2.75) is 25.4 Å². The van der Waals surface area contributed by atoms with Gasteiger partial charge in [-0.15, -0.1) is 0 Å². The Kier molecular flexibility index (Phi) is 7.01. The molecule has 1 aromatic heterocycles. The molecule has 0 spiro atoms. The molecular weight excluding hydrogens is 409 g/mol. The quantitative estimate of drug-likeness (QED) is 0.476. The Hall–Kier alpha value is -2.85. The number of fused-ring (bicyclic) bond motifs is 1. The van der Waals surface area contributed by atoms with Gasteiger partial charge in [0.2, 0.25) is 5.91 Å². The Morgan fingerprint density at radius 3 is 2.65 bits per heavy atom. The predicted octanol–water partition coefficient (Wildman–Crippen LogP) is 2.90. The SMILES string of the molecule is CN(N)/C=C(\N)c1ccc2cnc(NC(=O)C3CCN(CCC(F)(F)F)CC3)cc2c1. The molecule has 0 unspecified atom stereocenters. The van der Waals surface area contributed by atoms with Gasteiger partial charge in [0, 0.05) is 37.3 Å².